The number of benzene rings is 1. The van der Waals surface area contributed by atoms with Gasteiger partial charge in [-0.3, -0.25) is 0 Å². The largest absolute Gasteiger partial charge is 0.461 e. The summed E-state index contributed by atoms with van der Waals surface area (Å²) in [6.45, 7) is 0.578. The van der Waals surface area contributed by atoms with Crippen LogP contribution in [0.1, 0.15) is 20.7 Å². The maximum Gasteiger partial charge on any atom is 0.338 e. The number of esters is 2. The van der Waals surface area contributed by atoms with Crippen molar-refractivity contribution in [1.29, 1.82) is 0 Å². The van der Waals surface area contributed by atoms with Crippen LogP contribution in [-0.2, 0) is 9.47 Å². The molecule has 0 amide bonds. The summed E-state index contributed by atoms with van der Waals surface area (Å²) < 4.78 is 9.90. The van der Waals surface area contributed by atoms with Crippen molar-refractivity contribution in [3.63, 3.8) is 0 Å². The van der Waals surface area contributed by atoms with Crippen LogP contribution in [0.5, 0.6) is 0 Å². The second kappa shape index (κ2) is 8.26. The van der Waals surface area contributed by atoms with Crippen molar-refractivity contribution in [2.75, 3.05) is 23.9 Å². The zero-order valence-corrected chi connectivity index (χ0v) is 12.7. The summed E-state index contributed by atoms with van der Waals surface area (Å²) >= 11 is 6.32. The molecule has 0 aliphatic carbocycles. The molecule has 0 heterocycles. The number of ether oxygens (including phenoxy) is 2. The van der Waals surface area contributed by atoms with Gasteiger partial charge in [0, 0.05) is 10.7 Å². The van der Waals surface area contributed by atoms with Gasteiger partial charge in [0.05, 0.1) is 11.1 Å². The number of halogens is 2. The number of hydrogen-bond donors (Lipinski definition) is 0. The molecule has 0 saturated heterocycles. The predicted octanol–water partition coefficient (Wildman–Crippen LogP) is 2.79. The van der Waals surface area contributed by atoms with Gasteiger partial charge in [0.1, 0.15) is 13.2 Å². The first-order valence-electron chi connectivity index (χ1n) is 5.25. The standard InChI is InChI=1S/C12H12Br2O4/c13-4-6-17-11(15)9-2-1-3-10(8-9)12(16)18-7-5-14/h1-3,8H,4-7H2. The Hall–Kier alpha value is -0.880. The van der Waals surface area contributed by atoms with Crippen molar-refractivity contribution >= 4 is 43.8 Å². The third-order valence-corrected chi connectivity index (χ3v) is 2.60. The number of carbonyl (C=O) groups is 2. The van der Waals surface area contributed by atoms with Crippen LogP contribution in [0.3, 0.4) is 0 Å². The average molecular weight is 380 g/mol. The third kappa shape index (κ3) is 4.78. The molecule has 0 aliphatic rings. The van der Waals surface area contributed by atoms with Crippen LogP contribution in [0.15, 0.2) is 24.3 Å². The smallest absolute Gasteiger partial charge is 0.338 e. The van der Waals surface area contributed by atoms with Crippen molar-refractivity contribution in [2.45, 2.75) is 0 Å². The third-order valence-electron chi connectivity index (χ3n) is 1.95. The van der Waals surface area contributed by atoms with Gasteiger partial charge >= 0.3 is 11.9 Å². The van der Waals surface area contributed by atoms with Crippen molar-refractivity contribution < 1.29 is 19.1 Å². The monoisotopic (exact) mass is 378 g/mol. The average Bonchev–Trinajstić information content (AvgIpc) is 2.42. The lowest BCUT2D eigenvalue weighted by atomic mass is 10.1. The van der Waals surface area contributed by atoms with E-state index in [1.54, 1.807) is 18.2 Å². The Morgan fingerprint density at radius 1 is 0.944 bits per heavy atom. The molecule has 18 heavy (non-hydrogen) atoms. The molecule has 1 aromatic rings. The van der Waals surface area contributed by atoms with E-state index in [0.717, 1.165) is 0 Å². The van der Waals surface area contributed by atoms with Crippen molar-refractivity contribution in [2.24, 2.45) is 0 Å². The Morgan fingerprint density at radius 2 is 1.39 bits per heavy atom. The molecule has 0 fully saturated rings. The molecule has 0 bridgehead atoms. The summed E-state index contributed by atoms with van der Waals surface area (Å²) in [5, 5.41) is 1.15. The zero-order chi connectivity index (χ0) is 13.4. The normalized spacial score (nSPS) is 9.89. The fraction of sp³-hybridized carbons (Fsp3) is 0.333. The van der Waals surface area contributed by atoms with E-state index in [2.05, 4.69) is 31.9 Å². The Labute approximate surface area is 122 Å². The molecular formula is C12H12Br2O4. The molecule has 1 rings (SSSR count). The van der Waals surface area contributed by atoms with Crippen molar-refractivity contribution in [1.82, 2.24) is 0 Å². The fourth-order valence-corrected chi connectivity index (χ4v) is 1.53. The van der Waals surface area contributed by atoms with Crippen molar-refractivity contribution in [3.8, 4) is 0 Å². The molecule has 0 saturated carbocycles. The van der Waals surface area contributed by atoms with E-state index in [4.69, 9.17) is 9.47 Å². The summed E-state index contributed by atoms with van der Waals surface area (Å²) in [4.78, 5) is 23.2. The lowest BCUT2D eigenvalue weighted by Gasteiger charge is -2.05. The second-order valence-corrected chi connectivity index (χ2v) is 4.82. The van der Waals surface area contributed by atoms with Gasteiger partial charge in [0.25, 0.3) is 0 Å². The SMILES string of the molecule is O=C(OCCBr)c1cccc(C(=O)OCCBr)c1. The molecule has 0 unspecified atom stereocenters. The highest BCUT2D eigenvalue weighted by Crippen LogP contribution is 2.08. The molecule has 0 atom stereocenters. The Kier molecular flexibility index (Phi) is 6.97. The van der Waals surface area contributed by atoms with Crippen LogP contribution >= 0.6 is 31.9 Å². The van der Waals surface area contributed by atoms with Crippen LogP contribution in [0.2, 0.25) is 0 Å². The maximum absolute atomic E-state index is 11.6. The van der Waals surface area contributed by atoms with Crippen LogP contribution in [-0.4, -0.2) is 35.8 Å². The first-order valence-corrected chi connectivity index (χ1v) is 7.49. The molecule has 0 aromatic heterocycles. The Bertz CT molecular complexity index is 385. The van der Waals surface area contributed by atoms with Gasteiger partial charge in [-0.05, 0) is 18.2 Å². The van der Waals surface area contributed by atoms with Crippen LogP contribution in [0.25, 0.3) is 0 Å². The van der Waals surface area contributed by atoms with E-state index in [-0.39, 0.29) is 13.2 Å². The highest BCUT2D eigenvalue weighted by Gasteiger charge is 2.12. The second-order valence-electron chi connectivity index (χ2n) is 3.23. The molecule has 4 nitrogen and oxygen atoms in total. The Balaban J connectivity index is 2.72. The van der Waals surface area contributed by atoms with Gasteiger partial charge in [-0.1, -0.05) is 37.9 Å². The minimum atomic E-state index is -0.454. The van der Waals surface area contributed by atoms with Gasteiger partial charge in [0.15, 0.2) is 0 Å². The van der Waals surface area contributed by atoms with E-state index in [1.165, 1.54) is 6.07 Å². The lowest BCUT2D eigenvalue weighted by molar-refractivity contribution is 0.0530. The van der Waals surface area contributed by atoms with Gasteiger partial charge < -0.3 is 9.47 Å². The number of alkyl halides is 2. The molecule has 98 valence electrons. The molecule has 0 spiro atoms. The molecule has 0 aliphatic heterocycles. The van der Waals surface area contributed by atoms with Gasteiger partial charge in [-0.25, -0.2) is 9.59 Å². The number of hydrogen-bond acceptors (Lipinski definition) is 4. The Morgan fingerprint density at radius 3 is 1.78 bits per heavy atom. The fourth-order valence-electron chi connectivity index (χ4n) is 1.20. The summed E-state index contributed by atoms with van der Waals surface area (Å²) in [7, 11) is 0. The first kappa shape index (κ1) is 15.2. The van der Waals surface area contributed by atoms with E-state index in [1.807, 2.05) is 0 Å². The summed E-state index contributed by atoms with van der Waals surface area (Å²) in [5.41, 5.74) is 0.675. The zero-order valence-electron chi connectivity index (χ0n) is 9.53. The molecular weight excluding hydrogens is 368 g/mol. The van der Waals surface area contributed by atoms with E-state index in [0.29, 0.717) is 21.8 Å². The summed E-state index contributed by atoms with van der Waals surface area (Å²) in [6.07, 6.45) is 0. The molecule has 6 heteroatoms. The minimum Gasteiger partial charge on any atom is -0.461 e. The molecule has 0 radical (unpaired) electrons. The van der Waals surface area contributed by atoms with Crippen molar-refractivity contribution in [3.05, 3.63) is 35.4 Å². The van der Waals surface area contributed by atoms with E-state index in [9.17, 15) is 9.59 Å². The number of carbonyl (C=O) groups excluding carboxylic acids is 2. The van der Waals surface area contributed by atoms with Gasteiger partial charge in [-0.2, -0.15) is 0 Å². The predicted molar refractivity (Wildman–Crippen MR) is 74.6 cm³/mol. The summed E-state index contributed by atoms with van der Waals surface area (Å²) in [6, 6.07) is 6.28. The van der Waals surface area contributed by atoms with E-state index >= 15 is 0 Å². The highest BCUT2D eigenvalue weighted by atomic mass is 79.9. The number of rotatable bonds is 6. The van der Waals surface area contributed by atoms with Crippen LogP contribution < -0.4 is 0 Å². The molecule has 0 N–H and O–H groups in total. The topological polar surface area (TPSA) is 52.6 Å². The quantitative estimate of drug-likeness (QED) is 0.563. The first-order chi connectivity index (χ1) is 8.69. The minimum absolute atomic E-state index is 0.289. The highest BCUT2D eigenvalue weighted by molar-refractivity contribution is 9.09. The van der Waals surface area contributed by atoms with Gasteiger partial charge in [0.2, 0.25) is 0 Å². The van der Waals surface area contributed by atoms with Crippen LogP contribution in [0, 0.1) is 0 Å². The summed E-state index contributed by atoms with van der Waals surface area (Å²) in [5.74, 6) is -0.908. The lowest BCUT2D eigenvalue weighted by Crippen LogP contribution is -2.10. The molecule has 1 aromatic carbocycles. The van der Waals surface area contributed by atoms with Crippen LogP contribution in [0.4, 0.5) is 0 Å². The van der Waals surface area contributed by atoms with Gasteiger partial charge in [-0.15, -0.1) is 0 Å². The van der Waals surface area contributed by atoms with E-state index < -0.39 is 11.9 Å². The maximum atomic E-state index is 11.6.